The molecule has 1 rings (SSSR count). The summed E-state index contributed by atoms with van der Waals surface area (Å²) in [4.78, 5) is 10.1. The number of hydrogen-bond donors (Lipinski definition) is 1. The maximum atomic E-state index is 12.3. The fourth-order valence-electron chi connectivity index (χ4n) is 1.73. The minimum atomic E-state index is -3.23. The quantitative estimate of drug-likeness (QED) is 0.449. The maximum Gasteiger partial charge on any atom is 0.332 e. The third-order valence-electron chi connectivity index (χ3n) is 2.60. The van der Waals surface area contributed by atoms with Crippen molar-refractivity contribution in [2.24, 2.45) is 5.73 Å². The number of nitrogens with zero attached hydrogens (tertiary/aromatic N) is 1. The number of rotatable bonds is 8. The molecule has 112 valence electrons. The van der Waals surface area contributed by atoms with Crippen LogP contribution in [0.15, 0.2) is 24.3 Å². The van der Waals surface area contributed by atoms with E-state index >= 15 is 0 Å². The van der Waals surface area contributed by atoms with Gasteiger partial charge in [-0.2, -0.15) is 0 Å². The topological polar surface area (TPSA) is 105 Å². The van der Waals surface area contributed by atoms with Gasteiger partial charge in [-0.25, -0.2) is 0 Å². The molecule has 0 aromatic heterocycles. The lowest BCUT2D eigenvalue weighted by atomic mass is 10.1. The van der Waals surface area contributed by atoms with Crippen LogP contribution in [-0.2, 0) is 13.6 Å². The molecule has 8 heteroatoms. The summed E-state index contributed by atoms with van der Waals surface area (Å²) in [5.74, 6) is 0. The Hall–Kier alpha value is -1.27. The first-order chi connectivity index (χ1) is 9.41. The summed E-state index contributed by atoms with van der Waals surface area (Å²) in [7, 11) is -3.23. The van der Waals surface area contributed by atoms with Crippen molar-refractivity contribution in [2.75, 3.05) is 19.4 Å². The molecule has 0 unspecified atom stereocenters. The third-order valence-corrected chi connectivity index (χ3v) is 4.75. The Morgan fingerprint density at radius 1 is 1.25 bits per heavy atom. The van der Waals surface area contributed by atoms with Crippen molar-refractivity contribution in [3.63, 3.8) is 0 Å². The molecule has 0 spiro atoms. The van der Waals surface area contributed by atoms with Crippen molar-refractivity contribution < 1.29 is 18.5 Å². The van der Waals surface area contributed by atoms with Crippen molar-refractivity contribution in [2.45, 2.75) is 19.9 Å². The highest BCUT2D eigenvalue weighted by Crippen LogP contribution is 2.50. The van der Waals surface area contributed by atoms with Gasteiger partial charge in [-0.05, 0) is 19.4 Å². The van der Waals surface area contributed by atoms with Crippen LogP contribution in [0.1, 0.15) is 25.5 Å². The van der Waals surface area contributed by atoms with Crippen LogP contribution in [0.2, 0.25) is 0 Å². The number of nitrogens with two attached hydrogens (primary N) is 1. The Morgan fingerprint density at radius 2 is 1.75 bits per heavy atom. The Morgan fingerprint density at radius 3 is 2.15 bits per heavy atom. The van der Waals surface area contributed by atoms with Crippen molar-refractivity contribution in [3.8, 4) is 0 Å². The summed E-state index contributed by atoms with van der Waals surface area (Å²) >= 11 is 0. The Bertz CT molecular complexity index is 481. The number of benzene rings is 1. The molecule has 0 amide bonds. The van der Waals surface area contributed by atoms with Crippen LogP contribution in [-0.4, -0.2) is 24.3 Å². The van der Waals surface area contributed by atoms with Crippen LogP contribution in [0.4, 0.5) is 5.69 Å². The molecule has 0 aliphatic rings. The summed E-state index contributed by atoms with van der Waals surface area (Å²) < 4.78 is 22.7. The average Bonchev–Trinajstić information content (AvgIpc) is 2.39. The zero-order chi connectivity index (χ0) is 15.2. The highest BCUT2D eigenvalue weighted by atomic mass is 31.2. The van der Waals surface area contributed by atoms with Gasteiger partial charge in [0.2, 0.25) is 0 Å². The van der Waals surface area contributed by atoms with Crippen LogP contribution in [0.3, 0.4) is 0 Å². The van der Waals surface area contributed by atoms with Gasteiger partial charge in [0.25, 0.3) is 5.69 Å². The van der Waals surface area contributed by atoms with Crippen molar-refractivity contribution in [3.05, 3.63) is 39.9 Å². The molecule has 0 saturated carbocycles. The van der Waals surface area contributed by atoms with Gasteiger partial charge in [0.1, 0.15) is 0 Å². The zero-order valence-electron chi connectivity index (χ0n) is 11.5. The highest BCUT2D eigenvalue weighted by Gasteiger charge is 2.27. The maximum absolute atomic E-state index is 12.3. The molecule has 0 bridgehead atoms. The molecule has 0 heterocycles. The summed E-state index contributed by atoms with van der Waals surface area (Å²) in [6.07, 6.45) is 0.0342. The van der Waals surface area contributed by atoms with Crippen molar-refractivity contribution in [1.29, 1.82) is 0 Å². The SMILES string of the molecule is CCOP(=O)(C[C@H](N)c1ccc([N+](=O)[O-])cc1)OCC. The van der Waals surface area contributed by atoms with Crippen molar-refractivity contribution in [1.82, 2.24) is 0 Å². The van der Waals surface area contributed by atoms with Gasteiger partial charge in [-0.15, -0.1) is 0 Å². The Labute approximate surface area is 117 Å². The predicted octanol–water partition coefficient (Wildman–Crippen LogP) is 2.86. The first-order valence-electron chi connectivity index (χ1n) is 6.30. The van der Waals surface area contributed by atoms with Crippen LogP contribution in [0, 0.1) is 10.1 Å². The average molecular weight is 302 g/mol. The van der Waals surface area contributed by atoms with Gasteiger partial charge in [0.15, 0.2) is 0 Å². The second kappa shape index (κ2) is 7.50. The summed E-state index contributed by atoms with van der Waals surface area (Å²) in [5.41, 5.74) is 6.60. The number of nitro groups is 1. The van der Waals surface area contributed by atoms with E-state index in [0.29, 0.717) is 5.56 Å². The lowest BCUT2D eigenvalue weighted by Gasteiger charge is -2.20. The van der Waals surface area contributed by atoms with E-state index in [4.69, 9.17) is 14.8 Å². The van der Waals surface area contributed by atoms with E-state index in [-0.39, 0.29) is 25.1 Å². The smallest absolute Gasteiger partial charge is 0.323 e. The van der Waals surface area contributed by atoms with Crippen LogP contribution >= 0.6 is 7.60 Å². The largest absolute Gasteiger partial charge is 0.332 e. The molecule has 1 aromatic rings. The van der Waals surface area contributed by atoms with Gasteiger partial charge in [-0.1, -0.05) is 12.1 Å². The molecule has 2 N–H and O–H groups in total. The molecule has 0 fully saturated rings. The standard InChI is InChI=1S/C12H19N2O5P/c1-3-18-20(17,19-4-2)9-12(13)10-5-7-11(8-6-10)14(15)16/h5-8,12H,3-4,9,13H2,1-2H3/t12-/m0/s1. The fourth-order valence-corrected chi connectivity index (χ4v) is 3.49. The van der Waals surface area contributed by atoms with Gasteiger partial charge in [0, 0.05) is 18.2 Å². The van der Waals surface area contributed by atoms with E-state index < -0.39 is 18.6 Å². The Kier molecular flexibility index (Phi) is 6.29. The minimum absolute atomic E-state index is 0.0150. The van der Waals surface area contributed by atoms with E-state index in [1.165, 1.54) is 12.1 Å². The van der Waals surface area contributed by atoms with E-state index in [2.05, 4.69) is 0 Å². The highest BCUT2D eigenvalue weighted by molar-refractivity contribution is 7.53. The van der Waals surface area contributed by atoms with Crippen LogP contribution in [0.25, 0.3) is 0 Å². The summed E-state index contributed by atoms with van der Waals surface area (Å²) in [6.45, 7) is 3.99. The van der Waals surface area contributed by atoms with E-state index in [0.717, 1.165) is 0 Å². The van der Waals surface area contributed by atoms with Gasteiger partial charge < -0.3 is 14.8 Å². The molecular formula is C12H19N2O5P. The minimum Gasteiger partial charge on any atom is -0.323 e. The molecule has 7 nitrogen and oxygen atoms in total. The monoisotopic (exact) mass is 302 g/mol. The normalized spacial score (nSPS) is 13.2. The lowest BCUT2D eigenvalue weighted by molar-refractivity contribution is -0.384. The first-order valence-corrected chi connectivity index (χ1v) is 8.02. The van der Waals surface area contributed by atoms with E-state index in [9.17, 15) is 14.7 Å². The fraction of sp³-hybridized carbons (Fsp3) is 0.500. The molecule has 1 aromatic carbocycles. The molecule has 0 saturated heterocycles. The van der Waals surface area contributed by atoms with Gasteiger partial charge in [-0.3, -0.25) is 14.7 Å². The molecule has 20 heavy (non-hydrogen) atoms. The zero-order valence-corrected chi connectivity index (χ0v) is 12.4. The van der Waals surface area contributed by atoms with Crippen molar-refractivity contribution >= 4 is 13.3 Å². The molecule has 0 aliphatic heterocycles. The summed E-state index contributed by atoms with van der Waals surface area (Å²) in [6, 6.07) is 5.25. The second-order valence-electron chi connectivity index (χ2n) is 4.08. The number of non-ortho nitro benzene ring substituents is 1. The second-order valence-corrected chi connectivity index (χ2v) is 6.19. The number of nitro benzene ring substituents is 1. The summed E-state index contributed by atoms with van der Waals surface area (Å²) in [5, 5.41) is 10.6. The number of hydrogen-bond acceptors (Lipinski definition) is 6. The first kappa shape index (κ1) is 16.8. The predicted molar refractivity (Wildman–Crippen MR) is 75.8 cm³/mol. The molecule has 0 radical (unpaired) electrons. The Balaban J connectivity index is 2.80. The molecular weight excluding hydrogens is 283 g/mol. The lowest BCUT2D eigenvalue weighted by Crippen LogP contribution is -2.17. The van der Waals surface area contributed by atoms with Crippen LogP contribution < -0.4 is 5.73 Å². The van der Waals surface area contributed by atoms with Gasteiger partial charge in [0.05, 0.1) is 24.3 Å². The van der Waals surface area contributed by atoms with E-state index in [1.54, 1.807) is 26.0 Å². The van der Waals surface area contributed by atoms with Gasteiger partial charge >= 0.3 is 7.60 Å². The third kappa shape index (κ3) is 4.68. The van der Waals surface area contributed by atoms with Crippen LogP contribution in [0.5, 0.6) is 0 Å². The molecule has 1 atom stereocenters. The van der Waals surface area contributed by atoms with E-state index in [1.807, 2.05) is 0 Å². The molecule has 0 aliphatic carbocycles.